The fraction of sp³-hybridized carbons (Fsp3) is 0.429. The number of thioether (sulfide) groups is 1. The fourth-order valence-electron chi connectivity index (χ4n) is 2.16. The summed E-state index contributed by atoms with van der Waals surface area (Å²) in [5, 5.41) is 4.74. The maximum atomic E-state index is 6.07. The van der Waals surface area contributed by atoms with Crippen molar-refractivity contribution in [2.24, 2.45) is 5.73 Å². The van der Waals surface area contributed by atoms with E-state index in [9.17, 15) is 0 Å². The van der Waals surface area contributed by atoms with Crippen molar-refractivity contribution in [2.45, 2.75) is 29.0 Å². The molecule has 0 amide bonds. The lowest BCUT2D eigenvalue weighted by atomic mass is 9.97. The van der Waals surface area contributed by atoms with Gasteiger partial charge in [-0.05, 0) is 30.7 Å². The van der Waals surface area contributed by atoms with Crippen molar-refractivity contribution >= 4 is 23.4 Å². The van der Waals surface area contributed by atoms with Crippen LogP contribution in [0.1, 0.15) is 24.1 Å². The SMILES string of the molecule is NC1CCOCC1c1nc(CSc2ccc(Cl)cc2)no1. The van der Waals surface area contributed by atoms with Crippen molar-refractivity contribution in [2.75, 3.05) is 13.2 Å². The minimum atomic E-state index is 0.000492. The molecule has 0 bridgehead atoms. The molecule has 1 aromatic carbocycles. The van der Waals surface area contributed by atoms with Gasteiger partial charge >= 0.3 is 0 Å². The Morgan fingerprint density at radius 1 is 1.33 bits per heavy atom. The van der Waals surface area contributed by atoms with Crippen molar-refractivity contribution in [3.05, 3.63) is 41.0 Å². The van der Waals surface area contributed by atoms with Crippen molar-refractivity contribution < 1.29 is 9.26 Å². The monoisotopic (exact) mass is 325 g/mol. The van der Waals surface area contributed by atoms with Crippen molar-refractivity contribution in [3.8, 4) is 0 Å². The summed E-state index contributed by atoms with van der Waals surface area (Å²) in [6.07, 6.45) is 0.821. The predicted molar refractivity (Wildman–Crippen MR) is 81.5 cm³/mol. The van der Waals surface area contributed by atoms with Crippen LogP contribution in [0.2, 0.25) is 5.02 Å². The van der Waals surface area contributed by atoms with E-state index in [0.717, 1.165) is 16.3 Å². The van der Waals surface area contributed by atoms with Crippen LogP contribution in [0.3, 0.4) is 0 Å². The molecule has 0 aliphatic carbocycles. The van der Waals surface area contributed by atoms with Gasteiger partial charge in [0, 0.05) is 22.6 Å². The third kappa shape index (κ3) is 3.77. The Hall–Kier alpha value is -1.08. The van der Waals surface area contributed by atoms with E-state index < -0.39 is 0 Å². The summed E-state index contributed by atoms with van der Waals surface area (Å²) in [5.41, 5.74) is 6.07. The van der Waals surface area contributed by atoms with E-state index >= 15 is 0 Å². The zero-order valence-electron chi connectivity index (χ0n) is 11.4. The fourth-order valence-corrected chi connectivity index (χ4v) is 3.03. The van der Waals surface area contributed by atoms with Crippen LogP contribution in [0.5, 0.6) is 0 Å². The van der Waals surface area contributed by atoms with Gasteiger partial charge in [0.25, 0.3) is 0 Å². The van der Waals surface area contributed by atoms with Crippen LogP contribution < -0.4 is 5.73 Å². The Morgan fingerprint density at radius 2 is 2.14 bits per heavy atom. The second-order valence-corrected chi connectivity index (χ2v) is 6.41. The molecule has 21 heavy (non-hydrogen) atoms. The summed E-state index contributed by atoms with van der Waals surface area (Å²) >= 11 is 7.50. The van der Waals surface area contributed by atoms with Gasteiger partial charge in [-0.2, -0.15) is 4.98 Å². The van der Waals surface area contributed by atoms with E-state index in [4.69, 9.17) is 26.6 Å². The molecular formula is C14H16ClN3O2S. The molecule has 1 aromatic heterocycles. The average Bonchev–Trinajstić information content (AvgIpc) is 2.96. The molecule has 2 atom stereocenters. The molecule has 2 heterocycles. The molecular weight excluding hydrogens is 310 g/mol. The summed E-state index contributed by atoms with van der Waals surface area (Å²) in [6.45, 7) is 1.25. The summed E-state index contributed by atoms with van der Waals surface area (Å²) in [4.78, 5) is 5.55. The van der Waals surface area contributed by atoms with Gasteiger partial charge in [-0.1, -0.05) is 16.8 Å². The first-order valence-electron chi connectivity index (χ1n) is 6.76. The molecule has 2 unspecified atom stereocenters. The largest absolute Gasteiger partial charge is 0.381 e. The van der Waals surface area contributed by atoms with Gasteiger partial charge in [0.2, 0.25) is 5.89 Å². The number of nitrogens with zero attached hydrogens (tertiary/aromatic N) is 2. The number of hydrogen-bond donors (Lipinski definition) is 1. The quantitative estimate of drug-likeness (QED) is 0.871. The molecule has 0 saturated carbocycles. The van der Waals surface area contributed by atoms with Crippen LogP contribution in [-0.4, -0.2) is 29.4 Å². The summed E-state index contributed by atoms with van der Waals surface area (Å²) < 4.78 is 10.8. The van der Waals surface area contributed by atoms with Gasteiger partial charge in [0.15, 0.2) is 5.82 Å². The number of ether oxygens (including phenoxy) is 1. The molecule has 5 nitrogen and oxygen atoms in total. The van der Waals surface area contributed by atoms with Crippen LogP contribution in [0.4, 0.5) is 0 Å². The molecule has 1 saturated heterocycles. The highest BCUT2D eigenvalue weighted by molar-refractivity contribution is 7.98. The van der Waals surface area contributed by atoms with Crippen molar-refractivity contribution in [1.82, 2.24) is 10.1 Å². The van der Waals surface area contributed by atoms with Gasteiger partial charge in [0.05, 0.1) is 18.3 Å². The third-order valence-electron chi connectivity index (χ3n) is 3.39. The van der Waals surface area contributed by atoms with E-state index in [1.165, 1.54) is 0 Å². The van der Waals surface area contributed by atoms with Crippen LogP contribution in [0.15, 0.2) is 33.7 Å². The highest BCUT2D eigenvalue weighted by atomic mass is 35.5. The molecule has 1 fully saturated rings. The minimum absolute atomic E-state index is 0.000492. The third-order valence-corrected chi connectivity index (χ3v) is 4.65. The summed E-state index contributed by atoms with van der Waals surface area (Å²) in [7, 11) is 0. The molecule has 0 spiro atoms. The van der Waals surface area contributed by atoms with E-state index in [-0.39, 0.29) is 12.0 Å². The molecule has 2 N–H and O–H groups in total. The maximum Gasteiger partial charge on any atom is 0.233 e. The van der Waals surface area contributed by atoms with E-state index in [0.29, 0.717) is 30.7 Å². The Morgan fingerprint density at radius 3 is 2.90 bits per heavy atom. The van der Waals surface area contributed by atoms with E-state index in [1.807, 2.05) is 24.3 Å². The standard InChI is InChI=1S/C14H16ClN3O2S/c15-9-1-3-10(4-2-9)21-8-13-17-14(20-18-13)11-7-19-6-5-12(11)16/h1-4,11-12H,5-8,16H2. The van der Waals surface area contributed by atoms with Crippen LogP contribution >= 0.6 is 23.4 Å². The topological polar surface area (TPSA) is 74.2 Å². The van der Waals surface area contributed by atoms with Gasteiger partial charge in [-0.3, -0.25) is 0 Å². The molecule has 0 radical (unpaired) electrons. The van der Waals surface area contributed by atoms with Crippen LogP contribution in [0.25, 0.3) is 0 Å². The first-order chi connectivity index (χ1) is 10.2. The summed E-state index contributed by atoms with van der Waals surface area (Å²) in [5.74, 6) is 1.89. The Balaban J connectivity index is 1.61. The number of aromatic nitrogens is 2. The number of halogens is 1. The normalized spacial score (nSPS) is 22.4. The molecule has 1 aliphatic heterocycles. The first-order valence-corrected chi connectivity index (χ1v) is 8.13. The highest BCUT2D eigenvalue weighted by Crippen LogP contribution is 2.26. The average molecular weight is 326 g/mol. The van der Waals surface area contributed by atoms with E-state index in [2.05, 4.69) is 10.1 Å². The number of benzene rings is 1. The lowest BCUT2D eigenvalue weighted by molar-refractivity contribution is 0.0590. The molecule has 3 rings (SSSR count). The van der Waals surface area contributed by atoms with Crippen LogP contribution in [0, 0.1) is 0 Å². The van der Waals surface area contributed by atoms with Crippen LogP contribution in [-0.2, 0) is 10.5 Å². The zero-order chi connectivity index (χ0) is 14.7. The first kappa shape index (κ1) is 14.8. The van der Waals surface area contributed by atoms with Gasteiger partial charge in [0.1, 0.15) is 0 Å². The number of hydrogen-bond acceptors (Lipinski definition) is 6. The second kappa shape index (κ2) is 6.79. The van der Waals surface area contributed by atoms with Gasteiger partial charge in [-0.15, -0.1) is 11.8 Å². The van der Waals surface area contributed by atoms with Crippen molar-refractivity contribution in [1.29, 1.82) is 0 Å². The molecule has 7 heteroatoms. The lowest BCUT2D eigenvalue weighted by Crippen LogP contribution is -2.37. The highest BCUT2D eigenvalue weighted by Gasteiger charge is 2.29. The van der Waals surface area contributed by atoms with Crippen molar-refractivity contribution in [3.63, 3.8) is 0 Å². The van der Waals surface area contributed by atoms with Gasteiger partial charge in [-0.25, -0.2) is 0 Å². The Bertz CT molecular complexity index is 590. The number of rotatable bonds is 4. The number of nitrogens with two attached hydrogens (primary N) is 1. The second-order valence-electron chi connectivity index (χ2n) is 4.93. The molecule has 112 valence electrons. The van der Waals surface area contributed by atoms with E-state index in [1.54, 1.807) is 11.8 Å². The predicted octanol–water partition coefficient (Wildman–Crippen LogP) is 2.85. The lowest BCUT2D eigenvalue weighted by Gasteiger charge is -2.25. The molecule has 2 aromatic rings. The zero-order valence-corrected chi connectivity index (χ0v) is 12.9. The van der Waals surface area contributed by atoms with Gasteiger partial charge < -0.3 is 15.0 Å². The minimum Gasteiger partial charge on any atom is -0.381 e. The summed E-state index contributed by atoms with van der Waals surface area (Å²) in [6, 6.07) is 7.70. The Kier molecular flexibility index (Phi) is 4.80. The maximum absolute atomic E-state index is 6.07. The molecule has 1 aliphatic rings. The smallest absolute Gasteiger partial charge is 0.233 e. The Labute approximate surface area is 132 Å².